The van der Waals surface area contributed by atoms with Crippen LogP contribution in [0.1, 0.15) is 27.3 Å². The Labute approximate surface area is 133 Å². The maximum Gasteiger partial charge on any atom is 0.323 e. The maximum absolute atomic E-state index is 13.0. The van der Waals surface area contributed by atoms with Crippen LogP contribution in [0.4, 0.5) is 4.39 Å². The minimum Gasteiger partial charge on any atom is -0.480 e. The predicted octanol–water partition coefficient (Wildman–Crippen LogP) is 1.90. The largest absolute Gasteiger partial charge is 0.480 e. The van der Waals surface area contributed by atoms with Crippen molar-refractivity contribution in [1.82, 2.24) is 14.7 Å². The van der Waals surface area contributed by atoms with Crippen molar-refractivity contribution in [3.05, 3.63) is 52.6 Å². The number of amides is 1. The summed E-state index contributed by atoms with van der Waals surface area (Å²) in [6.07, 6.45) is 0. The van der Waals surface area contributed by atoms with Gasteiger partial charge in [0.25, 0.3) is 5.91 Å². The number of aromatic nitrogens is 2. The number of rotatable bonds is 5. The molecule has 0 saturated heterocycles. The summed E-state index contributed by atoms with van der Waals surface area (Å²) in [7, 11) is 1.72. The molecule has 1 aromatic carbocycles. The number of halogens is 1. The second-order valence-corrected chi connectivity index (χ2v) is 5.35. The van der Waals surface area contributed by atoms with E-state index in [-0.39, 0.29) is 12.4 Å². The van der Waals surface area contributed by atoms with Gasteiger partial charge in [-0.3, -0.25) is 14.3 Å². The van der Waals surface area contributed by atoms with Gasteiger partial charge in [0.1, 0.15) is 12.4 Å². The molecule has 0 unspecified atom stereocenters. The maximum atomic E-state index is 13.0. The van der Waals surface area contributed by atoms with Crippen molar-refractivity contribution in [2.45, 2.75) is 20.4 Å². The van der Waals surface area contributed by atoms with Crippen LogP contribution in [0.3, 0.4) is 0 Å². The first-order valence-electron chi connectivity index (χ1n) is 7.05. The van der Waals surface area contributed by atoms with Crippen LogP contribution < -0.4 is 0 Å². The number of benzene rings is 1. The summed E-state index contributed by atoms with van der Waals surface area (Å²) in [4.78, 5) is 25.0. The molecule has 0 aliphatic heterocycles. The lowest BCUT2D eigenvalue weighted by Gasteiger charge is -2.21. The Morgan fingerprint density at radius 2 is 1.87 bits per heavy atom. The predicted molar refractivity (Wildman–Crippen MR) is 81.5 cm³/mol. The second-order valence-electron chi connectivity index (χ2n) is 5.35. The van der Waals surface area contributed by atoms with Gasteiger partial charge in [0, 0.05) is 19.3 Å². The SMILES string of the molecule is Cc1nn(C)c(C)c1C(=O)N(CC(=O)O)Cc1ccc(F)cc1. The normalized spacial score (nSPS) is 10.6. The average molecular weight is 319 g/mol. The third-order valence-corrected chi connectivity index (χ3v) is 3.62. The minimum atomic E-state index is -1.11. The molecule has 1 N–H and O–H groups in total. The monoisotopic (exact) mass is 319 g/mol. The quantitative estimate of drug-likeness (QED) is 0.913. The van der Waals surface area contributed by atoms with E-state index < -0.39 is 18.4 Å². The molecule has 23 heavy (non-hydrogen) atoms. The molecule has 122 valence electrons. The van der Waals surface area contributed by atoms with Gasteiger partial charge in [-0.1, -0.05) is 12.1 Å². The Morgan fingerprint density at radius 1 is 1.26 bits per heavy atom. The summed E-state index contributed by atoms with van der Waals surface area (Å²) >= 11 is 0. The Bertz CT molecular complexity index is 738. The van der Waals surface area contributed by atoms with Crippen molar-refractivity contribution in [2.24, 2.45) is 7.05 Å². The van der Waals surface area contributed by atoms with Gasteiger partial charge >= 0.3 is 5.97 Å². The molecule has 2 aromatic rings. The zero-order valence-corrected chi connectivity index (χ0v) is 13.2. The summed E-state index contributed by atoms with van der Waals surface area (Å²) in [6.45, 7) is 3.10. The summed E-state index contributed by atoms with van der Waals surface area (Å²) < 4.78 is 14.6. The number of hydrogen-bond acceptors (Lipinski definition) is 3. The summed E-state index contributed by atoms with van der Waals surface area (Å²) in [5.74, 6) is -1.90. The van der Waals surface area contributed by atoms with Gasteiger partial charge in [0.15, 0.2) is 0 Å². The highest BCUT2D eigenvalue weighted by atomic mass is 19.1. The molecule has 0 bridgehead atoms. The Morgan fingerprint density at radius 3 is 2.35 bits per heavy atom. The van der Waals surface area contributed by atoms with Crippen LogP contribution in [0, 0.1) is 19.7 Å². The second kappa shape index (κ2) is 6.60. The molecular weight excluding hydrogens is 301 g/mol. The number of carboxylic acids is 1. The number of carboxylic acid groups (broad SMARTS) is 1. The first-order chi connectivity index (χ1) is 10.8. The minimum absolute atomic E-state index is 0.0825. The van der Waals surface area contributed by atoms with Gasteiger partial charge < -0.3 is 10.0 Å². The molecule has 1 amide bonds. The average Bonchev–Trinajstić information content (AvgIpc) is 2.72. The first kappa shape index (κ1) is 16.7. The van der Waals surface area contributed by atoms with Crippen LogP contribution >= 0.6 is 0 Å². The molecule has 0 aliphatic carbocycles. The van der Waals surface area contributed by atoms with Gasteiger partial charge in [-0.15, -0.1) is 0 Å². The lowest BCUT2D eigenvalue weighted by atomic mass is 10.1. The number of aryl methyl sites for hydroxylation is 2. The van der Waals surface area contributed by atoms with E-state index in [4.69, 9.17) is 5.11 Å². The first-order valence-corrected chi connectivity index (χ1v) is 7.05. The standard InChI is InChI=1S/C16H18FN3O3/c1-10-15(11(2)19(3)18-10)16(23)20(9-14(21)22)8-12-4-6-13(17)7-5-12/h4-7H,8-9H2,1-3H3,(H,21,22). The summed E-state index contributed by atoms with van der Waals surface area (Å²) in [5, 5.41) is 13.3. The Balaban J connectivity index is 2.32. The van der Waals surface area contributed by atoms with Crippen molar-refractivity contribution in [2.75, 3.05) is 6.54 Å². The lowest BCUT2D eigenvalue weighted by molar-refractivity contribution is -0.137. The third kappa shape index (κ3) is 3.74. The number of hydrogen-bond donors (Lipinski definition) is 1. The van der Waals surface area contributed by atoms with Crippen LogP contribution in [-0.4, -0.2) is 38.2 Å². The molecule has 0 fully saturated rings. The van der Waals surface area contributed by atoms with E-state index >= 15 is 0 Å². The fraction of sp³-hybridized carbons (Fsp3) is 0.312. The smallest absolute Gasteiger partial charge is 0.323 e. The van der Waals surface area contributed by atoms with E-state index in [9.17, 15) is 14.0 Å². The van der Waals surface area contributed by atoms with E-state index in [1.165, 1.54) is 29.2 Å². The van der Waals surface area contributed by atoms with Gasteiger partial charge in [-0.25, -0.2) is 4.39 Å². The highest BCUT2D eigenvalue weighted by Gasteiger charge is 2.24. The van der Waals surface area contributed by atoms with Crippen LogP contribution in [0.25, 0.3) is 0 Å². The number of aliphatic carboxylic acids is 1. The Hall–Kier alpha value is -2.70. The summed E-state index contributed by atoms with van der Waals surface area (Å²) in [5.41, 5.74) is 2.27. The van der Waals surface area contributed by atoms with E-state index in [1.54, 1.807) is 25.6 Å². The van der Waals surface area contributed by atoms with Crippen molar-refractivity contribution in [3.8, 4) is 0 Å². The zero-order valence-electron chi connectivity index (χ0n) is 13.2. The van der Waals surface area contributed by atoms with Crippen LogP contribution in [-0.2, 0) is 18.4 Å². The molecule has 1 heterocycles. The molecule has 2 rings (SSSR count). The van der Waals surface area contributed by atoms with Crippen molar-refractivity contribution < 1.29 is 19.1 Å². The number of nitrogens with zero attached hydrogens (tertiary/aromatic N) is 3. The fourth-order valence-corrected chi connectivity index (χ4v) is 2.41. The van der Waals surface area contributed by atoms with Crippen molar-refractivity contribution >= 4 is 11.9 Å². The Kier molecular flexibility index (Phi) is 4.78. The van der Waals surface area contributed by atoms with Gasteiger partial charge in [-0.05, 0) is 31.5 Å². The molecule has 0 spiro atoms. The third-order valence-electron chi connectivity index (χ3n) is 3.62. The van der Waals surface area contributed by atoms with E-state index in [0.717, 1.165) is 0 Å². The molecule has 0 atom stereocenters. The van der Waals surface area contributed by atoms with Crippen LogP contribution in [0.5, 0.6) is 0 Å². The van der Waals surface area contributed by atoms with Crippen molar-refractivity contribution in [1.29, 1.82) is 0 Å². The molecule has 7 heteroatoms. The fourth-order valence-electron chi connectivity index (χ4n) is 2.41. The zero-order chi connectivity index (χ0) is 17.1. The molecule has 1 aromatic heterocycles. The molecular formula is C16H18FN3O3. The topological polar surface area (TPSA) is 75.4 Å². The lowest BCUT2D eigenvalue weighted by Crippen LogP contribution is -2.35. The van der Waals surface area contributed by atoms with E-state index in [2.05, 4.69) is 5.10 Å². The van der Waals surface area contributed by atoms with E-state index in [1.807, 2.05) is 0 Å². The summed E-state index contributed by atoms with van der Waals surface area (Å²) in [6, 6.07) is 5.61. The molecule has 0 aliphatic rings. The molecule has 0 saturated carbocycles. The highest BCUT2D eigenvalue weighted by molar-refractivity contribution is 5.97. The van der Waals surface area contributed by atoms with Crippen LogP contribution in [0.2, 0.25) is 0 Å². The van der Waals surface area contributed by atoms with Gasteiger partial charge in [-0.2, -0.15) is 5.10 Å². The molecule has 0 radical (unpaired) electrons. The van der Waals surface area contributed by atoms with Gasteiger partial charge in [0.2, 0.25) is 0 Å². The molecule has 6 nitrogen and oxygen atoms in total. The highest BCUT2D eigenvalue weighted by Crippen LogP contribution is 2.17. The number of carbonyl (C=O) groups is 2. The number of carbonyl (C=O) groups excluding carboxylic acids is 1. The van der Waals surface area contributed by atoms with Gasteiger partial charge in [0.05, 0.1) is 11.3 Å². The van der Waals surface area contributed by atoms with Crippen molar-refractivity contribution in [3.63, 3.8) is 0 Å². The van der Waals surface area contributed by atoms with Crippen LogP contribution in [0.15, 0.2) is 24.3 Å². The van der Waals surface area contributed by atoms with E-state index in [0.29, 0.717) is 22.5 Å².